The Hall–Kier alpha value is -2.14. The van der Waals surface area contributed by atoms with Crippen molar-refractivity contribution in [3.05, 3.63) is 52.3 Å². The second kappa shape index (κ2) is 8.04. The van der Waals surface area contributed by atoms with Crippen molar-refractivity contribution in [2.45, 2.75) is 53.8 Å². The van der Waals surface area contributed by atoms with Crippen molar-refractivity contribution in [1.82, 2.24) is 19.6 Å². The molecular formula is C21H30N4O. The third-order valence-electron chi connectivity index (χ3n) is 4.95. The lowest BCUT2D eigenvalue weighted by molar-refractivity contribution is -0.136. The van der Waals surface area contributed by atoms with E-state index in [4.69, 9.17) is 0 Å². The highest BCUT2D eigenvalue weighted by Gasteiger charge is 2.24. The van der Waals surface area contributed by atoms with Crippen molar-refractivity contribution in [1.29, 1.82) is 0 Å². The highest BCUT2D eigenvalue weighted by atomic mass is 16.2. The third kappa shape index (κ3) is 4.52. The molecule has 1 amide bonds. The van der Waals surface area contributed by atoms with Crippen LogP contribution < -0.4 is 0 Å². The van der Waals surface area contributed by atoms with Gasteiger partial charge in [-0.3, -0.25) is 14.4 Å². The normalized spacial score (nSPS) is 15.7. The van der Waals surface area contributed by atoms with Crippen LogP contribution in [0.15, 0.2) is 24.4 Å². The molecule has 0 spiro atoms. The Balaban J connectivity index is 1.59. The molecule has 0 bridgehead atoms. The molecule has 1 aliphatic rings. The van der Waals surface area contributed by atoms with E-state index in [2.05, 4.69) is 62.1 Å². The zero-order valence-corrected chi connectivity index (χ0v) is 16.5. The summed E-state index contributed by atoms with van der Waals surface area (Å²) in [5.74, 6) is 0.217. The van der Waals surface area contributed by atoms with E-state index in [1.165, 1.54) is 22.3 Å². The van der Waals surface area contributed by atoms with Crippen molar-refractivity contribution in [2.24, 2.45) is 0 Å². The lowest BCUT2D eigenvalue weighted by atomic mass is 10.1. The Morgan fingerprint density at radius 2 is 1.77 bits per heavy atom. The minimum atomic E-state index is 0.217. The van der Waals surface area contributed by atoms with E-state index in [1.807, 2.05) is 9.58 Å². The van der Waals surface area contributed by atoms with Crippen LogP contribution in [0.1, 0.15) is 41.3 Å². The molecule has 140 valence electrons. The molecule has 2 heterocycles. The van der Waals surface area contributed by atoms with E-state index in [-0.39, 0.29) is 5.91 Å². The number of amides is 1. The van der Waals surface area contributed by atoms with Crippen molar-refractivity contribution in [3.8, 4) is 0 Å². The minimum absolute atomic E-state index is 0.217. The summed E-state index contributed by atoms with van der Waals surface area (Å²) in [5.41, 5.74) is 6.04. The van der Waals surface area contributed by atoms with Crippen molar-refractivity contribution in [3.63, 3.8) is 0 Å². The number of hydrogen-bond donors (Lipinski definition) is 0. The molecule has 0 unspecified atom stereocenters. The van der Waals surface area contributed by atoms with Gasteiger partial charge >= 0.3 is 0 Å². The van der Waals surface area contributed by atoms with Crippen LogP contribution in [0.2, 0.25) is 0 Å². The second-order valence-corrected chi connectivity index (χ2v) is 7.52. The first kappa shape index (κ1) is 18.6. The fraction of sp³-hybridized carbons (Fsp3) is 0.524. The molecule has 1 aromatic heterocycles. The summed E-state index contributed by atoms with van der Waals surface area (Å²) >= 11 is 0. The molecule has 3 rings (SSSR count). The van der Waals surface area contributed by atoms with Crippen molar-refractivity contribution >= 4 is 5.91 Å². The van der Waals surface area contributed by atoms with E-state index < -0.39 is 0 Å². The minimum Gasteiger partial charge on any atom is -0.336 e. The average Bonchev–Trinajstić information content (AvgIpc) is 2.89. The summed E-state index contributed by atoms with van der Waals surface area (Å²) in [5, 5.41) is 4.57. The monoisotopic (exact) mass is 354 g/mol. The Morgan fingerprint density at radius 3 is 2.42 bits per heavy atom. The SMILES string of the molecule is CCCn1cc(CN2CCN(Cc3cc(C)cc(C)c3)C(=O)C2)c(C)n1. The number of rotatable bonds is 6. The van der Waals surface area contributed by atoms with Gasteiger partial charge in [-0.25, -0.2) is 0 Å². The van der Waals surface area contributed by atoms with Gasteiger partial charge in [-0.15, -0.1) is 0 Å². The number of aromatic nitrogens is 2. The first-order valence-electron chi connectivity index (χ1n) is 9.55. The van der Waals surface area contributed by atoms with Crippen molar-refractivity contribution in [2.75, 3.05) is 19.6 Å². The topological polar surface area (TPSA) is 41.4 Å². The molecule has 26 heavy (non-hydrogen) atoms. The van der Waals surface area contributed by atoms with E-state index in [0.29, 0.717) is 13.1 Å². The maximum Gasteiger partial charge on any atom is 0.237 e. The molecule has 1 aliphatic heterocycles. The molecule has 1 fully saturated rings. The van der Waals surface area contributed by atoms with Crippen LogP contribution in [0, 0.1) is 20.8 Å². The van der Waals surface area contributed by atoms with Gasteiger partial charge < -0.3 is 4.90 Å². The number of carbonyl (C=O) groups excluding carboxylic acids is 1. The van der Waals surface area contributed by atoms with Crippen LogP contribution in [0.4, 0.5) is 0 Å². The fourth-order valence-corrected chi connectivity index (χ4v) is 3.74. The van der Waals surface area contributed by atoms with Crippen LogP contribution in [-0.4, -0.2) is 45.1 Å². The predicted octanol–water partition coefficient (Wildman–Crippen LogP) is 3.06. The van der Waals surface area contributed by atoms with Gasteiger partial charge in [0.1, 0.15) is 0 Å². The van der Waals surface area contributed by atoms with Gasteiger partial charge in [0.2, 0.25) is 5.91 Å². The molecule has 0 aliphatic carbocycles. The van der Waals surface area contributed by atoms with Gasteiger partial charge in [0.25, 0.3) is 0 Å². The second-order valence-electron chi connectivity index (χ2n) is 7.52. The zero-order chi connectivity index (χ0) is 18.7. The Kier molecular flexibility index (Phi) is 5.77. The highest BCUT2D eigenvalue weighted by Crippen LogP contribution is 2.16. The number of carbonyl (C=O) groups is 1. The van der Waals surface area contributed by atoms with E-state index in [0.717, 1.165) is 38.3 Å². The molecule has 1 saturated heterocycles. The van der Waals surface area contributed by atoms with E-state index >= 15 is 0 Å². The summed E-state index contributed by atoms with van der Waals surface area (Å²) in [6.45, 7) is 13.1. The maximum absolute atomic E-state index is 12.6. The molecular weight excluding hydrogens is 324 g/mol. The Labute approximate surface area is 156 Å². The number of hydrogen-bond acceptors (Lipinski definition) is 3. The third-order valence-corrected chi connectivity index (χ3v) is 4.95. The fourth-order valence-electron chi connectivity index (χ4n) is 3.74. The largest absolute Gasteiger partial charge is 0.336 e. The predicted molar refractivity (Wildman–Crippen MR) is 104 cm³/mol. The number of aryl methyl sites for hydroxylation is 4. The molecule has 5 heteroatoms. The average molecular weight is 354 g/mol. The quantitative estimate of drug-likeness (QED) is 0.801. The maximum atomic E-state index is 12.6. The van der Waals surface area contributed by atoms with E-state index in [9.17, 15) is 4.79 Å². The molecule has 2 aromatic rings. The summed E-state index contributed by atoms with van der Waals surface area (Å²) in [4.78, 5) is 16.8. The van der Waals surface area contributed by atoms with Crippen LogP contribution >= 0.6 is 0 Å². The van der Waals surface area contributed by atoms with Gasteiger partial charge in [-0.2, -0.15) is 5.10 Å². The summed E-state index contributed by atoms with van der Waals surface area (Å²) < 4.78 is 2.02. The number of benzene rings is 1. The first-order valence-corrected chi connectivity index (χ1v) is 9.55. The molecule has 5 nitrogen and oxygen atoms in total. The lowest BCUT2D eigenvalue weighted by Gasteiger charge is -2.34. The smallest absolute Gasteiger partial charge is 0.237 e. The van der Waals surface area contributed by atoms with Gasteiger partial charge in [0.05, 0.1) is 12.2 Å². The van der Waals surface area contributed by atoms with Crippen LogP contribution in [0.3, 0.4) is 0 Å². The zero-order valence-electron chi connectivity index (χ0n) is 16.5. The van der Waals surface area contributed by atoms with Crippen LogP contribution in [0.5, 0.6) is 0 Å². The van der Waals surface area contributed by atoms with Crippen LogP contribution in [-0.2, 0) is 24.4 Å². The van der Waals surface area contributed by atoms with Gasteiger partial charge in [-0.05, 0) is 32.8 Å². The lowest BCUT2D eigenvalue weighted by Crippen LogP contribution is -2.49. The summed E-state index contributed by atoms with van der Waals surface area (Å²) in [6, 6.07) is 6.53. The molecule has 0 radical (unpaired) electrons. The van der Waals surface area contributed by atoms with E-state index in [1.54, 1.807) is 0 Å². The van der Waals surface area contributed by atoms with Gasteiger partial charge in [0, 0.05) is 44.5 Å². The standard InChI is InChI=1S/C21H30N4O/c1-5-6-25-14-20(18(4)22-25)13-23-7-8-24(21(26)15-23)12-19-10-16(2)9-17(3)11-19/h9-11,14H,5-8,12-13,15H2,1-4H3. The molecule has 0 atom stereocenters. The van der Waals surface area contributed by atoms with Crippen LogP contribution in [0.25, 0.3) is 0 Å². The molecule has 1 aromatic carbocycles. The molecule has 0 N–H and O–H groups in total. The Bertz CT molecular complexity index is 760. The first-order chi connectivity index (χ1) is 12.4. The van der Waals surface area contributed by atoms with Crippen molar-refractivity contribution < 1.29 is 4.79 Å². The Morgan fingerprint density at radius 1 is 1.04 bits per heavy atom. The summed E-state index contributed by atoms with van der Waals surface area (Å²) in [7, 11) is 0. The number of nitrogens with zero attached hydrogens (tertiary/aromatic N) is 4. The van der Waals surface area contributed by atoms with Gasteiger partial charge in [0.15, 0.2) is 0 Å². The summed E-state index contributed by atoms with van der Waals surface area (Å²) in [6.07, 6.45) is 3.21. The number of piperazine rings is 1. The molecule has 0 saturated carbocycles. The highest BCUT2D eigenvalue weighted by molar-refractivity contribution is 5.79. The van der Waals surface area contributed by atoms with Gasteiger partial charge in [-0.1, -0.05) is 36.2 Å².